The highest BCUT2D eigenvalue weighted by molar-refractivity contribution is 7.81. The van der Waals surface area contributed by atoms with Gasteiger partial charge in [-0.3, -0.25) is 9.59 Å². The fourth-order valence-corrected chi connectivity index (χ4v) is 6.14. The van der Waals surface area contributed by atoms with Gasteiger partial charge in [-0.05, 0) is 97.1 Å². The molecule has 0 bridgehead atoms. The third kappa shape index (κ3) is 12.9. The van der Waals surface area contributed by atoms with E-state index in [2.05, 4.69) is 99.3 Å². The lowest BCUT2D eigenvalue weighted by molar-refractivity contribution is -0.158. The fraction of sp³-hybridized carbons (Fsp3) is 0.810. The molecule has 49 heavy (non-hydrogen) atoms. The SMILES string of the molecule is CC(C)C(=O)OC(C)(C)C.CCC(C)(C)CC.CCCC1CC(N2C(=O)C(CCC)(CCC)c3ccc([B]OC(C)(C)C(C)(C)S)cc32)C1. The molecule has 0 saturated heterocycles. The van der Waals surface area contributed by atoms with Crippen molar-refractivity contribution in [2.45, 2.75) is 202 Å². The first-order valence-electron chi connectivity index (χ1n) is 19.4. The van der Waals surface area contributed by atoms with Crippen LogP contribution in [0, 0.1) is 17.3 Å². The molecular formula is C42H75BNO4S. The molecule has 0 atom stereocenters. The predicted octanol–water partition coefficient (Wildman–Crippen LogP) is 11.0. The van der Waals surface area contributed by atoms with Gasteiger partial charge in [0.15, 0.2) is 0 Å². The standard InChI is InChI=1S/C27H43BNO2S.C8H16O2.C7H16/c1-8-11-19-16-21(17-19)29-23-18-20(28-31-25(4,5)26(6,7)32)12-13-22(23)27(14-9-2,15-10-3)24(29)30;1-6(2)7(9)10-8(3,4)5;1-5-7(3,4)6-2/h12-13,18-19,21,32H,8-11,14-17H2,1-7H3;6H,1-5H3;5-6H2,1-4H3. The molecule has 1 aliphatic heterocycles. The number of fused-ring (bicyclic) bond motifs is 1. The summed E-state index contributed by atoms with van der Waals surface area (Å²) in [7, 11) is 1.85. The number of esters is 1. The first-order chi connectivity index (χ1) is 22.5. The van der Waals surface area contributed by atoms with E-state index < -0.39 is 5.60 Å². The maximum Gasteiger partial charge on any atom is 0.330 e. The van der Waals surface area contributed by atoms with Crippen LogP contribution in [0.5, 0.6) is 0 Å². The number of ether oxygens (including phenoxy) is 1. The lowest BCUT2D eigenvalue weighted by Gasteiger charge is -2.42. The molecule has 1 fully saturated rings. The van der Waals surface area contributed by atoms with Crippen molar-refractivity contribution in [3.63, 3.8) is 0 Å². The molecule has 0 N–H and O–H groups in total. The first kappa shape index (κ1) is 45.6. The zero-order valence-corrected chi connectivity index (χ0v) is 35.5. The minimum Gasteiger partial charge on any atom is -0.460 e. The first-order valence-corrected chi connectivity index (χ1v) is 19.8. The summed E-state index contributed by atoms with van der Waals surface area (Å²) >= 11 is 4.72. The Morgan fingerprint density at radius 3 is 1.82 bits per heavy atom. The van der Waals surface area contributed by atoms with E-state index in [1.807, 2.05) is 42.1 Å². The highest BCUT2D eigenvalue weighted by Gasteiger charge is 2.53. The monoisotopic (exact) mass is 701 g/mol. The Morgan fingerprint density at radius 1 is 0.918 bits per heavy atom. The Kier molecular flexibility index (Phi) is 17.5. The highest BCUT2D eigenvalue weighted by Crippen LogP contribution is 2.51. The van der Waals surface area contributed by atoms with E-state index in [1.54, 1.807) is 0 Å². The summed E-state index contributed by atoms with van der Waals surface area (Å²) < 4.78 is 11.0. The van der Waals surface area contributed by atoms with Crippen LogP contribution >= 0.6 is 12.6 Å². The number of nitrogens with zero attached hydrogens (tertiary/aromatic N) is 1. The smallest absolute Gasteiger partial charge is 0.330 e. The number of benzene rings is 1. The minimum atomic E-state index is -0.417. The maximum absolute atomic E-state index is 14.0. The second kappa shape index (κ2) is 18.9. The Hall–Kier alpha value is -1.47. The molecule has 5 nitrogen and oxygen atoms in total. The van der Waals surface area contributed by atoms with Crippen LogP contribution in [0.3, 0.4) is 0 Å². The van der Waals surface area contributed by atoms with Gasteiger partial charge >= 0.3 is 13.5 Å². The zero-order chi connectivity index (χ0) is 38.0. The van der Waals surface area contributed by atoms with Gasteiger partial charge < -0.3 is 14.3 Å². The summed E-state index contributed by atoms with van der Waals surface area (Å²) in [4.78, 5) is 27.1. The van der Waals surface area contributed by atoms with Gasteiger partial charge in [-0.2, -0.15) is 12.6 Å². The summed E-state index contributed by atoms with van der Waals surface area (Å²) in [5.41, 5.74) is 2.83. The van der Waals surface area contributed by atoms with Crippen molar-refractivity contribution in [1.82, 2.24) is 0 Å². The molecule has 1 saturated carbocycles. The zero-order valence-electron chi connectivity index (χ0n) is 34.6. The van der Waals surface area contributed by atoms with E-state index >= 15 is 0 Å². The van der Waals surface area contributed by atoms with Crippen molar-refractivity contribution in [2.24, 2.45) is 17.3 Å². The van der Waals surface area contributed by atoms with Crippen LogP contribution in [0.4, 0.5) is 5.69 Å². The molecule has 1 amide bonds. The predicted molar refractivity (Wildman–Crippen MR) is 216 cm³/mol. The fourth-order valence-electron chi connectivity index (χ4n) is 6.09. The van der Waals surface area contributed by atoms with Crippen molar-refractivity contribution >= 4 is 43.1 Å². The molecule has 0 unspecified atom stereocenters. The molecule has 281 valence electrons. The van der Waals surface area contributed by atoms with E-state index in [-0.39, 0.29) is 27.7 Å². The second-order valence-electron chi connectivity index (χ2n) is 17.7. The molecule has 0 spiro atoms. The van der Waals surface area contributed by atoms with E-state index in [0.29, 0.717) is 17.4 Å². The van der Waals surface area contributed by atoms with Crippen LogP contribution in [0.2, 0.25) is 0 Å². The number of hydrogen-bond donors (Lipinski definition) is 1. The van der Waals surface area contributed by atoms with Crippen molar-refractivity contribution in [2.75, 3.05) is 4.90 Å². The quantitative estimate of drug-likeness (QED) is 0.119. The molecule has 1 aromatic rings. The average molecular weight is 701 g/mol. The second-order valence-corrected chi connectivity index (χ2v) is 18.8. The van der Waals surface area contributed by atoms with E-state index in [9.17, 15) is 9.59 Å². The average Bonchev–Trinajstić information content (AvgIpc) is 3.19. The molecule has 3 rings (SSSR count). The number of anilines is 1. The van der Waals surface area contributed by atoms with Gasteiger partial charge in [-0.15, -0.1) is 0 Å². The van der Waals surface area contributed by atoms with E-state index in [4.69, 9.17) is 22.0 Å². The molecule has 2 aliphatic rings. The van der Waals surface area contributed by atoms with Gasteiger partial charge in [-0.25, -0.2) is 0 Å². The number of hydrogen-bond acceptors (Lipinski definition) is 5. The molecule has 7 heteroatoms. The van der Waals surface area contributed by atoms with Crippen molar-refractivity contribution < 1.29 is 19.0 Å². The molecule has 1 aromatic carbocycles. The molecule has 1 heterocycles. The van der Waals surface area contributed by atoms with E-state index in [0.717, 1.165) is 55.6 Å². The van der Waals surface area contributed by atoms with Crippen LogP contribution in [0.15, 0.2) is 18.2 Å². The highest BCUT2D eigenvalue weighted by atomic mass is 32.1. The van der Waals surface area contributed by atoms with Crippen molar-refractivity contribution in [3.05, 3.63) is 23.8 Å². The van der Waals surface area contributed by atoms with Crippen LogP contribution in [0.25, 0.3) is 0 Å². The Morgan fingerprint density at radius 2 is 1.45 bits per heavy atom. The maximum atomic E-state index is 14.0. The van der Waals surface area contributed by atoms with Crippen molar-refractivity contribution in [1.29, 1.82) is 0 Å². The van der Waals surface area contributed by atoms with Crippen LogP contribution in [-0.2, 0) is 24.4 Å². The van der Waals surface area contributed by atoms with Gasteiger partial charge in [0.2, 0.25) is 5.91 Å². The van der Waals surface area contributed by atoms with Gasteiger partial charge in [0.05, 0.1) is 16.9 Å². The normalized spacial score (nSPS) is 18.9. The summed E-state index contributed by atoms with van der Waals surface area (Å²) in [5, 5.41) is 0. The summed E-state index contributed by atoms with van der Waals surface area (Å²) in [6.45, 7) is 33.3. The summed E-state index contributed by atoms with van der Waals surface area (Å²) in [6.07, 6.45) is 11.3. The minimum absolute atomic E-state index is 0.0285. The lowest BCUT2D eigenvalue weighted by atomic mass is 9.73. The largest absolute Gasteiger partial charge is 0.460 e. The molecular weight excluding hydrogens is 625 g/mol. The molecule has 0 aromatic heterocycles. The Balaban J connectivity index is 0.000000582. The van der Waals surface area contributed by atoms with Crippen LogP contribution in [-0.4, -0.2) is 41.3 Å². The third-order valence-corrected chi connectivity index (χ3v) is 11.3. The molecule has 1 radical (unpaired) electrons. The van der Waals surface area contributed by atoms with Gasteiger partial charge in [0, 0.05) is 16.5 Å². The lowest BCUT2D eigenvalue weighted by Crippen LogP contribution is -2.50. The number of amides is 1. The third-order valence-electron chi connectivity index (χ3n) is 10.8. The number of thiol groups is 1. The van der Waals surface area contributed by atoms with E-state index in [1.165, 1.54) is 31.2 Å². The number of carbonyl (C=O) groups is 2. The number of rotatable bonds is 14. The molecule has 1 aliphatic carbocycles. The summed E-state index contributed by atoms with van der Waals surface area (Å²) in [6, 6.07) is 6.86. The van der Waals surface area contributed by atoms with Gasteiger partial charge in [-0.1, -0.05) is 118 Å². The van der Waals surface area contributed by atoms with Gasteiger partial charge in [0.25, 0.3) is 0 Å². The van der Waals surface area contributed by atoms with Gasteiger partial charge in [0.1, 0.15) is 5.60 Å². The Labute approximate surface area is 309 Å². The summed E-state index contributed by atoms with van der Waals surface area (Å²) in [5.74, 6) is 0.947. The van der Waals surface area contributed by atoms with Crippen LogP contribution < -0.4 is 10.4 Å². The number of carbonyl (C=O) groups excluding carboxylic acids is 2. The Bertz CT molecular complexity index is 1160. The van der Waals surface area contributed by atoms with Crippen molar-refractivity contribution in [3.8, 4) is 0 Å². The van der Waals surface area contributed by atoms with Crippen LogP contribution in [0.1, 0.15) is 181 Å². The topological polar surface area (TPSA) is 55.8 Å².